The highest BCUT2D eigenvalue weighted by atomic mass is 32.1. The fraction of sp³-hybridized carbons (Fsp3) is 0.471. The molecule has 0 saturated heterocycles. The number of nitrogens with zero attached hydrogens (tertiary/aromatic N) is 3. The van der Waals surface area contributed by atoms with E-state index in [2.05, 4.69) is 38.2 Å². The van der Waals surface area contributed by atoms with Crippen LogP contribution in [0.1, 0.15) is 25.8 Å². The SMILES string of the molecule is CC(n1cnc2nc(N)[nH]c(=O)c21)C(N)(CCC(=O)NC(CS)C(=O)NCC(=O)O)C(=O)O. The van der Waals surface area contributed by atoms with Crippen LogP contribution in [0.25, 0.3) is 11.2 Å². The third-order valence-electron chi connectivity index (χ3n) is 5.03. The first-order chi connectivity index (χ1) is 15.4. The van der Waals surface area contributed by atoms with Crippen molar-refractivity contribution in [3.8, 4) is 0 Å². The van der Waals surface area contributed by atoms with Crippen molar-refractivity contribution in [1.29, 1.82) is 0 Å². The van der Waals surface area contributed by atoms with Crippen LogP contribution in [-0.4, -0.2) is 77.4 Å². The summed E-state index contributed by atoms with van der Waals surface area (Å²) in [6.45, 7) is 0.804. The third kappa shape index (κ3) is 5.78. The molecule has 0 radical (unpaired) electrons. The van der Waals surface area contributed by atoms with Crippen LogP contribution in [0.4, 0.5) is 5.95 Å². The van der Waals surface area contributed by atoms with Crippen LogP contribution in [0, 0.1) is 0 Å². The van der Waals surface area contributed by atoms with Crippen LogP contribution in [-0.2, 0) is 19.2 Å². The number of aromatic nitrogens is 4. The summed E-state index contributed by atoms with van der Waals surface area (Å²) in [6, 6.07) is -2.18. The maximum absolute atomic E-state index is 12.3. The van der Waals surface area contributed by atoms with E-state index in [9.17, 15) is 29.1 Å². The predicted octanol–water partition coefficient (Wildman–Crippen LogP) is -2.56. The molecule has 2 aromatic heterocycles. The summed E-state index contributed by atoms with van der Waals surface area (Å²) in [5, 5.41) is 22.9. The lowest BCUT2D eigenvalue weighted by atomic mass is 9.86. The van der Waals surface area contributed by atoms with Gasteiger partial charge in [0.15, 0.2) is 11.2 Å². The molecule has 2 rings (SSSR count). The van der Waals surface area contributed by atoms with Crippen LogP contribution in [0.15, 0.2) is 11.1 Å². The number of nitrogen functional groups attached to an aromatic ring is 1. The minimum atomic E-state index is -2.01. The van der Waals surface area contributed by atoms with E-state index < -0.39 is 59.9 Å². The molecule has 33 heavy (non-hydrogen) atoms. The average Bonchev–Trinajstić information content (AvgIpc) is 3.17. The second kappa shape index (κ2) is 10.3. The van der Waals surface area contributed by atoms with Gasteiger partial charge in [-0.1, -0.05) is 0 Å². The van der Waals surface area contributed by atoms with Crippen LogP contribution in [0.5, 0.6) is 0 Å². The molecule has 0 saturated carbocycles. The number of carbonyl (C=O) groups is 4. The Morgan fingerprint density at radius 3 is 2.58 bits per heavy atom. The molecule has 0 aromatic carbocycles. The number of imidazole rings is 1. The lowest BCUT2D eigenvalue weighted by molar-refractivity contribution is -0.145. The van der Waals surface area contributed by atoms with Crippen LogP contribution in [0.3, 0.4) is 0 Å². The van der Waals surface area contributed by atoms with E-state index in [-0.39, 0.29) is 29.3 Å². The number of carboxylic acid groups (broad SMARTS) is 2. The van der Waals surface area contributed by atoms with E-state index in [0.717, 1.165) is 0 Å². The zero-order chi connectivity index (χ0) is 24.9. The number of nitrogens with one attached hydrogen (secondary N) is 3. The number of carboxylic acids is 2. The lowest BCUT2D eigenvalue weighted by Gasteiger charge is -2.32. The van der Waals surface area contributed by atoms with E-state index in [0.29, 0.717) is 0 Å². The molecule has 0 aliphatic rings. The second-order valence-electron chi connectivity index (χ2n) is 7.21. The number of H-pyrrole nitrogens is 1. The maximum Gasteiger partial charge on any atom is 0.325 e. The Labute approximate surface area is 191 Å². The molecule has 0 spiro atoms. The zero-order valence-electron chi connectivity index (χ0n) is 17.4. The highest BCUT2D eigenvalue weighted by molar-refractivity contribution is 7.80. The average molecular weight is 484 g/mol. The minimum absolute atomic E-state index is 0.00224. The quantitative estimate of drug-likeness (QED) is 0.154. The molecular weight excluding hydrogens is 460 g/mol. The fourth-order valence-corrected chi connectivity index (χ4v) is 3.33. The number of rotatable bonds is 11. The topological polar surface area (TPSA) is 248 Å². The Morgan fingerprint density at radius 2 is 2.00 bits per heavy atom. The normalized spacial score (nSPS) is 14.8. The molecule has 3 atom stereocenters. The van der Waals surface area contributed by atoms with Crippen molar-refractivity contribution in [2.75, 3.05) is 18.0 Å². The van der Waals surface area contributed by atoms with Crippen LogP contribution in [0.2, 0.25) is 0 Å². The smallest absolute Gasteiger partial charge is 0.325 e. The van der Waals surface area contributed by atoms with Gasteiger partial charge in [0, 0.05) is 12.2 Å². The molecule has 16 heteroatoms. The molecule has 3 unspecified atom stereocenters. The monoisotopic (exact) mass is 484 g/mol. The molecule has 2 aromatic rings. The van der Waals surface area contributed by atoms with E-state index in [1.807, 2.05) is 0 Å². The van der Waals surface area contributed by atoms with Crippen LogP contribution < -0.4 is 27.7 Å². The van der Waals surface area contributed by atoms with Gasteiger partial charge in [0.1, 0.15) is 18.1 Å². The number of carbonyl (C=O) groups excluding carboxylic acids is 2. The lowest BCUT2D eigenvalue weighted by Crippen LogP contribution is -2.55. The largest absolute Gasteiger partial charge is 0.480 e. The molecular formula is C17H24N8O7S. The van der Waals surface area contributed by atoms with Crippen molar-refractivity contribution >= 4 is 53.5 Å². The number of aromatic amines is 1. The van der Waals surface area contributed by atoms with Gasteiger partial charge in [-0.15, -0.1) is 0 Å². The van der Waals surface area contributed by atoms with E-state index in [1.54, 1.807) is 0 Å². The summed E-state index contributed by atoms with van der Waals surface area (Å²) < 4.78 is 1.24. The van der Waals surface area contributed by atoms with Crippen molar-refractivity contribution < 1.29 is 29.4 Å². The number of hydrogen-bond donors (Lipinski definition) is 8. The number of aliphatic carboxylic acids is 2. The number of nitrogens with two attached hydrogens (primary N) is 2. The first-order valence-electron chi connectivity index (χ1n) is 9.55. The van der Waals surface area contributed by atoms with E-state index in [1.165, 1.54) is 17.8 Å². The molecule has 0 aliphatic heterocycles. The summed E-state index contributed by atoms with van der Waals surface area (Å²) in [4.78, 5) is 69.3. The van der Waals surface area contributed by atoms with Crippen molar-refractivity contribution in [2.24, 2.45) is 5.73 Å². The standard InChI is InChI=1S/C17H24N8O7S/c1-7(25-6-21-12-11(25)14(30)24-16(18)23-12)17(19,15(31)32)3-2-9(26)22-8(5-33)13(29)20-4-10(27)28/h6-8,33H,2-5,19H2,1H3,(H,20,29)(H,22,26)(H,27,28)(H,31,32)(H3,18,23,24,30). The van der Waals surface area contributed by atoms with Gasteiger partial charge in [0.25, 0.3) is 5.56 Å². The molecule has 2 heterocycles. The Morgan fingerprint density at radius 1 is 1.33 bits per heavy atom. The van der Waals surface area contributed by atoms with Crippen molar-refractivity contribution in [3.63, 3.8) is 0 Å². The van der Waals surface area contributed by atoms with Gasteiger partial charge >= 0.3 is 11.9 Å². The highest BCUT2D eigenvalue weighted by Crippen LogP contribution is 2.27. The number of anilines is 1. The van der Waals surface area contributed by atoms with Gasteiger partial charge in [-0.3, -0.25) is 29.0 Å². The molecule has 9 N–H and O–H groups in total. The number of fused-ring (bicyclic) bond motifs is 1. The maximum atomic E-state index is 12.3. The van der Waals surface area contributed by atoms with Gasteiger partial charge in [-0.05, 0) is 13.3 Å². The molecule has 15 nitrogen and oxygen atoms in total. The highest BCUT2D eigenvalue weighted by Gasteiger charge is 2.42. The predicted molar refractivity (Wildman–Crippen MR) is 117 cm³/mol. The Kier molecular flexibility index (Phi) is 7.99. The summed E-state index contributed by atoms with van der Waals surface area (Å²) in [5.74, 6) is -4.45. The number of amides is 2. The van der Waals surface area contributed by atoms with E-state index >= 15 is 0 Å². The summed E-state index contributed by atoms with van der Waals surface area (Å²) in [5.41, 5.74) is 8.95. The van der Waals surface area contributed by atoms with Crippen molar-refractivity contribution in [1.82, 2.24) is 30.2 Å². The van der Waals surface area contributed by atoms with Crippen molar-refractivity contribution in [3.05, 3.63) is 16.7 Å². The third-order valence-corrected chi connectivity index (χ3v) is 5.40. The number of thiol groups is 1. The molecule has 2 amide bonds. The van der Waals surface area contributed by atoms with Gasteiger partial charge in [0.05, 0.1) is 12.4 Å². The van der Waals surface area contributed by atoms with Crippen LogP contribution >= 0.6 is 12.6 Å². The molecule has 0 fully saturated rings. The number of hydrogen-bond acceptors (Lipinski definition) is 10. The second-order valence-corrected chi connectivity index (χ2v) is 7.58. The first kappa shape index (κ1) is 25.6. The Bertz CT molecular complexity index is 1130. The minimum Gasteiger partial charge on any atom is -0.480 e. The van der Waals surface area contributed by atoms with Gasteiger partial charge in [-0.25, -0.2) is 4.98 Å². The van der Waals surface area contributed by atoms with Gasteiger partial charge < -0.3 is 36.9 Å². The molecule has 0 bridgehead atoms. The van der Waals surface area contributed by atoms with E-state index in [4.69, 9.17) is 16.6 Å². The molecule has 180 valence electrons. The fourth-order valence-electron chi connectivity index (χ4n) is 3.07. The summed E-state index contributed by atoms with van der Waals surface area (Å²) in [6.07, 6.45) is 0.439. The Balaban J connectivity index is 2.17. The van der Waals surface area contributed by atoms with Gasteiger partial charge in [0.2, 0.25) is 17.8 Å². The summed E-state index contributed by atoms with van der Waals surface area (Å²) in [7, 11) is 0. The zero-order valence-corrected chi connectivity index (χ0v) is 18.3. The summed E-state index contributed by atoms with van der Waals surface area (Å²) >= 11 is 3.96. The van der Waals surface area contributed by atoms with Gasteiger partial charge in [-0.2, -0.15) is 17.6 Å². The Hall–Kier alpha value is -3.66. The molecule has 0 aliphatic carbocycles. The first-order valence-corrected chi connectivity index (χ1v) is 10.2. The van der Waals surface area contributed by atoms with Crippen molar-refractivity contribution in [2.45, 2.75) is 37.4 Å².